The highest BCUT2D eigenvalue weighted by Crippen LogP contribution is 2.23. The molecule has 2 amide bonds. The van der Waals surface area contributed by atoms with Crippen molar-refractivity contribution in [2.45, 2.75) is 40.3 Å². The van der Waals surface area contributed by atoms with Crippen molar-refractivity contribution >= 4 is 39.1 Å². The molecule has 0 aromatic heterocycles. The molecule has 0 saturated carbocycles. The molecule has 9 heteroatoms. The third-order valence-electron chi connectivity index (χ3n) is 5.21. The second-order valence-electron chi connectivity index (χ2n) is 8.48. The zero-order valence-electron chi connectivity index (χ0n) is 19.7. The van der Waals surface area contributed by atoms with E-state index < -0.39 is 28.5 Å². The number of amides is 2. The molecule has 0 spiro atoms. The molecule has 33 heavy (non-hydrogen) atoms. The number of nitrogens with zero attached hydrogens (tertiary/aromatic N) is 2. The fourth-order valence-electron chi connectivity index (χ4n) is 3.28. The minimum atomic E-state index is -3.76. The van der Waals surface area contributed by atoms with Crippen LogP contribution in [0.5, 0.6) is 0 Å². The fourth-order valence-corrected chi connectivity index (χ4v) is 4.39. The molecule has 0 aliphatic carbocycles. The van der Waals surface area contributed by atoms with Crippen molar-refractivity contribution in [1.29, 1.82) is 0 Å². The Balaban J connectivity index is 2.39. The lowest BCUT2D eigenvalue weighted by Crippen LogP contribution is -2.51. The summed E-state index contributed by atoms with van der Waals surface area (Å²) in [5, 5.41) is 3.31. The Kier molecular flexibility index (Phi) is 9.31. The smallest absolute Gasteiger partial charge is 0.244 e. The van der Waals surface area contributed by atoms with Gasteiger partial charge in [-0.05, 0) is 43.0 Å². The molecule has 0 radical (unpaired) electrons. The van der Waals surface area contributed by atoms with Gasteiger partial charge in [0.15, 0.2) is 0 Å². The largest absolute Gasteiger partial charge is 0.354 e. The third-order valence-corrected chi connectivity index (χ3v) is 6.71. The second-order valence-corrected chi connectivity index (χ2v) is 10.8. The molecule has 0 saturated heterocycles. The van der Waals surface area contributed by atoms with E-state index in [4.69, 9.17) is 11.6 Å². The molecule has 0 fully saturated rings. The highest BCUT2D eigenvalue weighted by molar-refractivity contribution is 7.92. The van der Waals surface area contributed by atoms with Crippen molar-refractivity contribution in [1.82, 2.24) is 10.2 Å². The van der Waals surface area contributed by atoms with Gasteiger partial charge < -0.3 is 10.2 Å². The molecule has 2 aromatic carbocycles. The molecule has 180 valence electrons. The summed E-state index contributed by atoms with van der Waals surface area (Å²) in [5.41, 5.74) is 1.80. The summed E-state index contributed by atoms with van der Waals surface area (Å²) < 4.78 is 26.3. The van der Waals surface area contributed by atoms with Gasteiger partial charge in [-0.2, -0.15) is 0 Å². The SMILES string of the molecule is Cc1ccccc1N(CC(=O)N(Cc1ccccc1Cl)C(C)C(=O)NCC(C)C)S(C)(=O)=O. The van der Waals surface area contributed by atoms with E-state index in [1.54, 1.807) is 62.4 Å². The minimum Gasteiger partial charge on any atom is -0.354 e. The molecule has 7 nitrogen and oxygen atoms in total. The molecule has 1 unspecified atom stereocenters. The quantitative estimate of drug-likeness (QED) is 0.547. The van der Waals surface area contributed by atoms with Crippen LogP contribution in [-0.4, -0.2) is 50.5 Å². The van der Waals surface area contributed by atoms with Crippen LogP contribution in [0.2, 0.25) is 5.02 Å². The van der Waals surface area contributed by atoms with E-state index in [1.807, 2.05) is 13.8 Å². The van der Waals surface area contributed by atoms with Crippen molar-refractivity contribution in [3.8, 4) is 0 Å². The number of hydrogen-bond acceptors (Lipinski definition) is 4. The maximum absolute atomic E-state index is 13.5. The van der Waals surface area contributed by atoms with Gasteiger partial charge in [0.05, 0.1) is 11.9 Å². The van der Waals surface area contributed by atoms with Crippen LogP contribution in [0.4, 0.5) is 5.69 Å². The molecule has 0 aliphatic heterocycles. The van der Waals surface area contributed by atoms with E-state index in [9.17, 15) is 18.0 Å². The number of para-hydroxylation sites is 1. The monoisotopic (exact) mass is 493 g/mol. The molecule has 2 rings (SSSR count). The first-order valence-electron chi connectivity index (χ1n) is 10.8. The molecule has 0 heterocycles. The van der Waals surface area contributed by atoms with Gasteiger partial charge >= 0.3 is 0 Å². The summed E-state index contributed by atoms with van der Waals surface area (Å²) >= 11 is 6.31. The minimum absolute atomic E-state index is 0.0696. The number of nitrogens with one attached hydrogen (secondary N) is 1. The van der Waals surface area contributed by atoms with Crippen molar-refractivity contribution in [3.05, 3.63) is 64.7 Å². The van der Waals surface area contributed by atoms with Gasteiger partial charge in [0.25, 0.3) is 0 Å². The molecule has 1 atom stereocenters. The van der Waals surface area contributed by atoms with E-state index in [2.05, 4.69) is 5.32 Å². The summed E-state index contributed by atoms with van der Waals surface area (Å²) in [6.07, 6.45) is 1.06. The van der Waals surface area contributed by atoms with Gasteiger partial charge in [-0.15, -0.1) is 0 Å². The second kappa shape index (κ2) is 11.5. The lowest BCUT2D eigenvalue weighted by molar-refractivity contribution is -0.139. The van der Waals surface area contributed by atoms with Gasteiger partial charge in [0.1, 0.15) is 12.6 Å². The topological polar surface area (TPSA) is 86.8 Å². The number of rotatable bonds is 10. The number of sulfonamides is 1. The average molecular weight is 494 g/mol. The fraction of sp³-hybridized carbons (Fsp3) is 0.417. The summed E-state index contributed by atoms with van der Waals surface area (Å²) in [4.78, 5) is 27.7. The Bertz CT molecular complexity index is 1090. The van der Waals surface area contributed by atoms with E-state index in [1.165, 1.54) is 4.90 Å². The Labute approximate surface area is 201 Å². The van der Waals surface area contributed by atoms with E-state index in [-0.39, 0.29) is 18.4 Å². The van der Waals surface area contributed by atoms with Gasteiger partial charge in [-0.3, -0.25) is 13.9 Å². The van der Waals surface area contributed by atoms with Crippen molar-refractivity contribution in [2.75, 3.05) is 23.7 Å². The van der Waals surface area contributed by atoms with Crippen LogP contribution >= 0.6 is 11.6 Å². The van der Waals surface area contributed by atoms with Gasteiger partial charge in [-0.25, -0.2) is 8.42 Å². The van der Waals surface area contributed by atoms with Crippen LogP contribution in [0.1, 0.15) is 31.9 Å². The molecule has 0 aliphatic rings. The van der Waals surface area contributed by atoms with Crippen LogP contribution in [0.25, 0.3) is 0 Å². The first-order chi connectivity index (χ1) is 15.4. The maximum atomic E-state index is 13.5. The van der Waals surface area contributed by atoms with Crippen molar-refractivity contribution in [2.24, 2.45) is 5.92 Å². The molecular formula is C24H32ClN3O4S. The van der Waals surface area contributed by atoms with Gasteiger partial charge in [-0.1, -0.05) is 61.8 Å². The first-order valence-corrected chi connectivity index (χ1v) is 13.0. The summed E-state index contributed by atoms with van der Waals surface area (Å²) in [6, 6.07) is 13.2. The number of carbonyl (C=O) groups excluding carboxylic acids is 2. The number of halogens is 1. The van der Waals surface area contributed by atoms with Crippen LogP contribution in [-0.2, 0) is 26.2 Å². The van der Waals surface area contributed by atoms with E-state index in [0.29, 0.717) is 22.8 Å². The Morgan fingerprint density at radius 2 is 1.64 bits per heavy atom. The Hall–Kier alpha value is -2.58. The average Bonchev–Trinajstić information content (AvgIpc) is 2.74. The number of carbonyl (C=O) groups is 2. The van der Waals surface area contributed by atoms with E-state index >= 15 is 0 Å². The zero-order valence-corrected chi connectivity index (χ0v) is 21.3. The lowest BCUT2D eigenvalue weighted by atomic mass is 10.1. The lowest BCUT2D eigenvalue weighted by Gasteiger charge is -2.32. The Morgan fingerprint density at radius 1 is 1.03 bits per heavy atom. The Morgan fingerprint density at radius 3 is 2.21 bits per heavy atom. The number of benzene rings is 2. The molecule has 2 aromatic rings. The van der Waals surface area contributed by atoms with Crippen LogP contribution in [0.15, 0.2) is 48.5 Å². The molecular weight excluding hydrogens is 462 g/mol. The molecule has 1 N–H and O–H groups in total. The number of aryl methyl sites for hydroxylation is 1. The van der Waals surface area contributed by atoms with Gasteiger partial charge in [0, 0.05) is 18.1 Å². The summed E-state index contributed by atoms with van der Waals surface area (Å²) in [6.45, 7) is 7.46. The van der Waals surface area contributed by atoms with Crippen molar-refractivity contribution < 1.29 is 18.0 Å². The maximum Gasteiger partial charge on any atom is 0.244 e. The third kappa shape index (κ3) is 7.47. The van der Waals surface area contributed by atoms with E-state index in [0.717, 1.165) is 16.1 Å². The standard InChI is InChI=1S/C24H32ClN3O4S/c1-17(2)14-26-24(30)19(4)27(15-20-11-7-8-12-21(20)25)23(29)16-28(33(5,31)32)22-13-9-6-10-18(22)3/h6-13,17,19H,14-16H2,1-5H3,(H,26,30). The number of hydrogen-bond donors (Lipinski definition) is 1. The van der Waals surface area contributed by atoms with Gasteiger partial charge in [0.2, 0.25) is 21.8 Å². The summed E-state index contributed by atoms with van der Waals surface area (Å²) in [7, 11) is -3.76. The van der Waals surface area contributed by atoms with Crippen LogP contribution in [0, 0.1) is 12.8 Å². The highest BCUT2D eigenvalue weighted by Gasteiger charge is 2.30. The van der Waals surface area contributed by atoms with Crippen LogP contribution < -0.4 is 9.62 Å². The van der Waals surface area contributed by atoms with Crippen LogP contribution in [0.3, 0.4) is 0 Å². The molecule has 0 bridgehead atoms. The predicted octanol–water partition coefficient (Wildman–Crippen LogP) is 3.60. The zero-order chi connectivity index (χ0) is 24.8. The first kappa shape index (κ1) is 26.7. The highest BCUT2D eigenvalue weighted by atomic mass is 35.5. The summed E-state index contributed by atoms with van der Waals surface area (Å²) in [5.74, 6) is -0.572. The normalized spacial score (nSPS) is 12.3. The predicted molar refractivity (Wildman–Crippen MR) is 133 cm³/mol. The van der Waals surface area contributed by atoms with Crippen molar-refractivity contribution in [3.63, 3.8) is 0 Å². The number of anilines is 1.